The van der Waals surface area contributed by atoms with Crippen molar-refractivity contribution in [3.05, 3.63) is 18.6 Å². The molecule has 0 aliphatic carbocycles. The third kappa shape index (κ3) is 3.75. The van der Waals surface area contributed by atoms with E-state index in [4.69, 9.17) is 4.74 Å². The Kier molecular flexibility index (Phi) is 5.50. The number of carbonyl (C=O) groups is 1. The van der Waals surface area contributed by atoms with E-state index in [1.54, 1.807) is 18.6 Å². The number of carbonyl (C=O) groups excluding carboxylic acids is 1. The molecule has 1 aromatic rings. The lowest BCUT2D eigenvalue weighted by atomic mass is 9.73. The van der Waals surface area contributed by atoms with E-state index in [-0.39, 0.29) is 5.91 Å². The molecule has 2 saturated heterocycles. The number of aliphatic hydroxyl groups is 1. The fourth-order valence-electron chi connectivity index (χ4n) is 3.87. The van der Waals surface area contributed by atoms with Crippen LogP contribution >= 0.6 is 11.8 Å². The second-order valence-electron chi connectivity index (χ2n) is 7.02. The summed E-state index contributed by atoms with van der Waals surface area (Å²) in [6.45, 7) is 3.95. The van der Waals surface area contributed by atoms with E-state index < -0.39 is 17.2 Å². The zero-order valence-corrected chi connectivity index (χ0v) is 15.6. The van der Waals surface area contributed by atoms with Crippen molar-refractivity contribution in [2.24, 2.45) is 0 Å². The van der Waals surface area contributed by atoms with Crippen LogP contribution in [-0.4, -0.2) is 69.9 Å². The highest BCUT2D eigenvalue weighted by atomic mass is 32.2. The number of hydrogen-bond acceptors (Lipinski definition) is 7. The summed E-state index contributed by atoms with van der Waals surface area (Å²) in [7, 11) is 0. The van der Waals surface area contributed by atoms with E-state index in [9.17, 15) is 9.90 Å². The van der Waals surface area contributed by atoms with Gasteiger partial charge in [0.2, 0.25) is 5.91 Å². The number of aromatic nitrogens is 2. The van der Waals surface area contributed by atoms with Crippen LogP contribution in [0.2, 0.25) is 0 Å². The molecule has 1 aromatic heterocycles. The van der Waals surface area contributed by atoms with Crippen molar-refractivity contribution in [1.29, 1.82) is 0 Å². The van der Waals surface area contributed by atoms with E-state index in [2.05, 4.69) is 20.2 Å². The molecule has 3 rings (SSSR count). The van der Waals surface area contributed by atoms with Crippen molar-refractivity contribution in [3.8, 4) is 0 Å². The molecule has 2 aliphatic rings. The van der Waals surface area contributed by atoms with Gasteiger partial charge in [0.05, 0.1) is 23.1 Å². The molecule has 0 unspecified atom stereocenters. The van der Waals surface area contributed by atoms with Crippen LogP contribution < -0.4 is 10.2 Å². The maximum Gasteiger partial charge on any atom is 0.230 e. The quantitative estimate of drug-likeness (QED) is 0.816. The van der Waals surface area contributed by atoms with Gasteiger partial charge < -0.3 is 20.1 Å². The second-order valence-corrected chi connectivity index (χ2v) is 7.88. The van der Waals surface area contributed by atoms with Gasteiger partial charge in [0.25, 0.3) is 0 Å². The van der Waals surface area contributed by atoms with E-state index in [1.165, 1.54) is 11.8 Å². The zero-order chi connectivity index (χ0) is 17.9. The molecule has 2 N–H and O–H groups in total. The molecule has 25 heavy (non-hydrogen) atoms. The fourth-order valence-corrected chi connectivity index (χ4v) is 4.20. The van der Waals surface area contributed by atoms with Gasteiger partial charge in [-0.3, -0.25) is 9.78 Å². The average Bonchev–Trinajstić information content (AvgIpc) is 2.61. The van der Waals surface area contributed by atoms with Crippen LogP contribution in [0.1, 0.15) is 26.2 Å². The van der Waals surface area contributed by atoms with Crippen LogP contribution in [0.25, 0.3) is 0 Å². The Morgan fingerprint density at radius 1 is 1.44 bits per heavy atom. The Balaban J connectivity index is 1.69. The number of nitrogens with zero attached hydrogens (tertiary/aromatic N) is 3. The first-order valence-corrected chi connectivity index (χ1v) is 10.0. The first kappa shape index (κ1) is 18.4. The van der Waals surface area contributed by atoms with Gasteiger partial charge in [-0.2, -0.15) is 11.8 Å². The molecule has 2 aliphatic heterocycles. The second kappa shape index (κ2) is 7.47. The van der Waals surface area contributed by atoms with Crippen molar-refractivity contribution in [3.63, 3.8) is 0 Å². The van der Waals surface area contributed by atoms with Crippen molar-refractivity contribution < 1.29 is 14.6 Å². The Morgan fingerprint density at radius 3 is 2.84 bits per heavy atom. The molecule has 0 aromatic carbocycles. The van der Waals surface area contributed by atoms with Crippen LogP contribution in [0.15, 0.2) is 18.6 Å². The lowest BCUT2D eigenvalue weighted by Crippen LogP contribution is -2.69. The maximum absolute atomic E-state index is 12.1. The summed E-state index contributed by atoms with van der Waals surface area (Å²) in [5.41, 5.74) is -1.27. The summed E-state index contributed by atoms with van der Waals surface area (Å²) >= 11 is 1.48. The third-order valence-electron chi connectivity index (χ3n) is 5.30. The monoisotopic (exact) mass is 366 g/mol. The lowest BCUT2D eigenvalue weighted by molar-refractivity contribution is -0.198. The van der Waals surface area contributed by atoms with Gasteiger partial charge in [-0.1, -0.05) is 0 Å². The van der Waals surface area contributed by atoms with Gasteiger partial charge in [-0.15, -0.1) is 0 Å². The van der Waals surface area contributed by atoms with Gasteiger partial charge in [0.15, 0.2) is 0 Å². The topological polar surface area (TPSA) is 87.6 Å². The van der Waals surface area contributed by atoms with Gasteiger partial charge >= 0.3 is 0 Å². The molecular formula is C17H26N4O3S. The van der Waals surface area contributed by atoms with Crippen LogP contribution in [0.5, 0.6) is 0 Å². The number of anilines is 1. The first-order valence-electron chi connectivity index (χ1n) is 8.62. The summed E-state index contributed by atoms with van der Waals surface area (Å²) in [5.74, 6) is 1.21. The maximum atomic E-state index is 12.1. The highest BCUT2D eigenvalue weighted by molar-refractivity contribution is 7.99. The minimum absolute atomic E-state index is 0.0388. The van der Waals surface area contributed by atoms with Crippen molar-refractivity contribution in [1.82, 2.24) is 15.3 Å². The zero-order valence-electron chi connectivity index (χ0n) is 14.8. The third-order valence-corrected chi connectivity index (χ3v) is 5.85. The number of aliphatic hydroxyl groups excluding tert-OH is 1. The first-order chi connectivity index (χ1) is 12.0. The number of nitrogens with one attached hydrogen (secondary N) is 1. The van der Waals surface area contributed by atoms with E-state index in [0.29, 0.717) is 31.6 Å². The van der Waals surface area contributed by atoms with Crippen molar-refractivity contribution in [2.45, 2.75) is 43.4 Å². The molecule has 2 fully saturated rings. The molecule has 138 valence electrons. The Hall–Kier alpha value is -1.38. The molecular weight excluding hydrogens is 340 g/mol. The van der Waals surface area contributed by atoms with Crippen LogP contribution in [0, 0.1) is 0 Å². The van der Waals surface area contributed by atoms with E-state index >= 15 is 0 Å². The molecule has 0 bridgehead atoms. The van der Waals surface area contributed by atoms with Crippen molar-refractivity contribution >= 4 is 23.5 Å². The smallest absolute Gasteiger partial charge is 0.230 e. The number of ether oxygens (including phenoxy) is 1. The molecule has 3 heterocycles. The predicted octanol–water partition coefficient (Wildman–Crippen LogP) is 0.835. The highest BCUT2D eigenvalue weighted by Gasteiger charge is 2.53. The van der Waals surface area contributed by atoms with Crippen LogP contribution in [-0.2, 0) is 9.53 Å². The molecule has 0 saturated carbocycles. The molecule has 8 heteroatoms. The number of hydrogen-bond donors (Lipinski definition) is 2. The average molecular weight is 366 g/mol. The normalized spacial score (nSPS) is 28.8. The van der Waals surface area contributed by atoms with E-state index in [1.807, 2.05) is 13.2 Å². The summed E-state index contributed by atoms with van der Waals surface area (Å²) < 4.78 is 6.07. The van der Waals surface area contributed by atoms with Crippen LogP contribution in [0.3, 0.4) is 0 Å². The minimum atomic E-state index is -0.733. The van der Waals surface area contributed by atoms with E-state index in [0.717, 1.165) is 18.9 Å². The van der Waals surface area contributed by atoms with Gasteiger partial charge in [-0.25, -0.2) is 4.98 Å². The Bertz CT molecular complexity index is 595. The largest absolute Gasteiger partial charge is 0.388 e. The molecule has 0 radical (unpaired) electrons. The highest BCUT2D eigenvalue weighted by Crippen LogP contribution is 2.40. The van der Waals surface area contributed by atoms with Crippen LogP contribution in [0.4, 0.5) is 5.82 Å². The molecule has 1 amide bonds. The number of piperidine rings is 1. The standard InChI is InChI=1S/C17H26N4O3S/c1-16(20-14(22)12-25-2)5-10-24-17(15(16)23)3-8-21(9-4-17)13-11-18-6-7-19-13/h6-7,11,15,23H,3-5,8-10,12H2,1-2H3,(H,20,22)/t15-,16+/m0/s1. The minimum Gasteiger partial charge on any atom is -0.388 e. The molecule has 2 atom stereocenters. The Labute approximate surface area is 152 Å². The predicted molar refractivity (Wildman–Crippen MR) is 97.7 cm³/mol. The van der Waals surface area contributed by atoms with Gasteiger partial charge in [-0.05, 0) is 32.4 Å². The Morgan fingerprint density at radius 2 is 2.20 bits per heavy atom. The van der Waals surface area contributed by atoms with Gasteiger partial charge in [0.1, 0.15) is 11.9 Å². The number of thioether (sulfide) groups is 1. The summed E-state index contributed by atoms with van der Waals surface area (Å²) in [6, 6.07) is 0. The number of amides is 1. The lowest BCUT2D eigenvalue weighted by Gasteiger charge is -2.53. The number of rotatable bonds is 4. The molecule has 1 spiro atoms. The van der Waals surface area contributed by atoms with Crippen molar-refractivity contribution in [2.75, 3.05) is 36.6 Å². The van der Waals surface area contributed by atoms with Gasteiger partial charge in [0, 0.05) is 32.1 Å². The summed E-state index contributed by atoms with van der Waals surface area (Å²) in [6.07, 6.45) is 8.26. The summed E-state index contributed by atoms with van der Waals surface area (Å²) in [4.78, 5) is 22.7. The summed E-state index contributed by atoms with van der Waals surface area (Å²) in [5, 5.41) is 14.1. The SMILES string of the molecule is CSCC(=O)N[C@]1(C)CCOC2(CCN(c3cnccn3)CC2)[C@H]1O. The molecule has 7 nitrogen and oxygen atoms in total. The fraction of sp³-hybridized carbons (Fsp3) is 0.706.